The van der Waals surface area contributed by atoms with E-state index in [4.69, 9.17) is 10.8 Å². The Morgan fingerprint density at radius 1 is 0.0725 bits per heavy atom. The van der Waals surface area contributed by atoms with Crippen LogP contribution in [0.25, 0.3) is 0 Å². The lowest BCUT2D eigenvalue weighted by molar-refractivity contribution is 0.722. The van der Waals surface area contributed by atoms with Crippen LogP contribution in [0.5, 0.6) is 0 Å². The molecule has 0 saturated carbocycles. The van der Waals surface area contributed by atoms with E-state index in [0.717, 1.165) is 0 Å². The van der Waals surface area contributed by atoms with Crippen molar-refractivity contribution >= 4 is 0 Å². The van der Waals surface area contributed by atoms with Crippen molar-refractivity contribution in [2.75, 3.05) is 0 Å². The first-order valence-corrected chi connectivity index (χ1v) is 27.5. The van der Waals surface area contributed by atoms with Crippen molar-refractivity contribution in [3.05, 3.63) is 0 Å². The first kappa shape index (κ1) is 110. The van der Waals surface area contributed by atoms with E-state index in [1.807, 2.05) is 0 Å². The molecule has 0 heterocycles. The lowest BCUT2D eigenvalue weighted by atomic mass is 11.5. The zero-order chi connectivity index (χ0) is 98.2. The van der Waals surface area contributed by atoms with Crippen LogP contribution in [0.15, 0.2) is 705 Å². The Bertz CT molecular complexity index is 5080. The Hall–Kier alpha value is -27.7. The van der Waals surface area contributed by atoms with Crippen molar-refractivity contribution < 1.29 is 0 Å². The highest BCUT2D eigenvalue weighted by Crippen LogP contribution is 2.02. The Morgan fingerprint density at radius 2 is 0.116 bits per heavy atom. The number of hydrogen-bond acceptors (Lipinski definition) is 3. The molecule has 0 bridgehead atoms. The third-order valence-corrected chi connectivity index (χ3v) is 5.41. The fraction of sp³-hybridized carbons (Fsp3) is 0. The van der Waals surface area contributed by atoms with E-state index in [2.05, 4.69) is 705 Å². The molecule has 0 rings (SSSR count). The molecule has 0 aromatic carbocycles. The van der Waals surface area contributed by atoms with E-state index in [0.29, 0.717) is 0 Å². The Balaban J connectivity index is 4.14. The summed E-state index contributed by atoms with van der Waals surface area (Å²) >= 11 is 0. The molecule has 0 atom stereocenters. The maximum Gasteiger partial charge on any atom is 0.227 e. The summed E-state index contributed by atoms with van der Waals surface area (Å²) in [5.41, 5.74) is 6.28. The van der Waals surface area contributed by atoms with Gasteiger partial charge in [0.15, 0.2) is 0 Å². The van der Waals surface area contributed by atoms with E-state index in [1.165, 1.54) is 6.19 Å². The van der Waals surface area contributed by atoms with Gasteiger partial charge in [-0.1, -0.05) is 0 Å². The van der Waals surface area contributed by atoms with Crippen LogP contribution in [0.1, 0.15) is 0 Å². The van der Waals surface area contributed by atoms with Gasteiger partial charge in [0.05, 0.1) is 0 Å². The summed E-state index contributed by atoms with van der Waals surface area (Å²) in [6.07, 6.45) is 1.31. The quantitative estimate of drug-likeness (QED) is 0.0346. The van der Waals surface area contributed by atoms with Crippen LogP contribution in [0.4, 0.5) is 0 Å². The smallest absolute Gasteiger partial charge is 0.183 e. The third kappa shape index (κ3) is 108. The minimum Gasteiger partial charge on any atom is -0.183 e. The summed E-state index contributed by atoms with van der Waals surface area (Å²) in [7, 11) is 0. The molecule has 137 nitrogen and oxygen atoms in total. The molecule has 0 saturated heterocycles. The van der Waals surface area contributed by atoms with Gasteiger partial charge in [0, 0.05) is 616 Å². The molecule has 138 heavy (non-hydrogen) atoms. The van der Waals surface area contributed by atoms with Gasteiger partial charge in [-0.05, 0) is 88.7 Å². The van der Waals surface area contributed by atoms with Gasteiger partial charge in [-0.2, -0.15) is 10.8 Å². The second-order valence-corrected chi connectivity index (χ2v) is 12.2. The molecule has 0 spiro atoms. The van der Waals surface area contributed by atoms with Crippen LogP contribution in [0.2, 0.25) is 0 Å². The summed E-state index contributed by atoms with van der Waals surface area (Å²) < 4.78 is 0. The number of nitriles is 1. The fourth-order valence-electron chi connectivity index (χ4n) is 2.40. The first-order chi connectivity index (χ1) is 68.9. The maximum atomic E-state index is 8.04. The summed E-state index contributed by atoms with van der Waals surface area (Å²) in [6, 6.07) is 0. The molecule has 690 valence electrons. The Morgan fingerprint density at radius 3 is 0.159 bits per heavy atom. The van der Waals surface area contributed by atoms with Gasteiger partial charge in [-0.25, -0.2) is 0 Å². The minimum absolute atomic E-state index is 1.31. The van der Waals surface area contributed by atoms with Crippen LogP contribution in [-0.2, 0) is 0 Å². The minimum atomic E-state index is 1.31. The first-order valence-electron chi connectivity index (χ1n) is 27.5. The van der Waals surface area contributed by atoms with E-state index >= 15 is 0 Å². The van der Waals surface area contributed by atoms with E-state index in [1.54, 1.807) is 0 Å². The maximum absolute atomic E-state index is 8.04. The highest BCUT2D eigenvalue weighted by molar-refractivity contribution is 4.56. The molecular weight excluding hydrogens is 1930 g/mol. The van der Waals surface area contributed by atoms with E-state index in [-0.39, 0.29) is 0 Å². The molecule has 0 unspecified atom stereocenters. The molecule has 0 amide bonds. The second kappa shape index (κ2) is 109. The zero-order valence-corrected chi connectivity index (χ0v) is 61.8. The molecular formula is CHN137. The number of rotatable bonds is 67. The summed E-state index contributed by atoms with van der Waals surface area (Å²) in [4.78, 5) is 0. The molecule has 0 aliphatic heterocycles. The van der Waals surface area contributed by atoms with Crippen LogP contribution >= 0.6 is 0 Å². The van der Waals surface area contributed by atoms with Gasteiger partial charge in [-0.3, -0.25) is 0 Å². The molecule has 0 aromatic rings. The van der Waals surface area contributed by atoms with Crippen molar-refractivity contribution in [3.63, 3.8) is 0 Å². The van der Waals surface area contributed by atoms with Gasteiger partial charge in [0.2, 0.25) is 6.19 Å². The summed E-state index contributed by atoms with van der Waals surface area (Å²) in [6.45, 7) is 0. The average Bonchev–Trinajstić information content (AvgIpc) is 1.10. The lowest BCUT2D eigenvalue weighted by Gasteiger charge is -1.71. The van der Waals surface area contributed by atoms with Gasteiger partial charge >= 0.3 is 0 Å². The number of nitrogens with zero attached hydrogens (tertiary/aromatic N) is 136. The van der Waals surface area contributed by atoms with Crippen molar-refractivity contribution in [2.45, 2.75) is 0 Å². The molecule has 0 radical (unpaired) electrons. The third-order valence-electron chi connectivity index (χ3n) is 5.41. The number of hydrogen-bond donors (Lipinski definition) is 1. The van der Waals surface area contributed by atoms with Crippen LogP contribution in [-0.4, -0.2) is 0 Å². The predicted molar refractivity (Wildman–Crippen MR) is 336 cm³/mol. The Labute approximate surface area is 721 Å². The highest BCUT2D eigenvalue weighted by Gasteiger charge is 1.84. The molecule has 1 N–H and O–H groups in total. The van der Waals surface area contributed by atoms with Crippen molar-refractivity contribution in [1.29, 1.82) is 10.8 Å². The lowest BCUT2D eigenvalue weighted by Crippen LogP contribution is -1.52. The van der Waals surface area contributed by atoms with E-state index in [9.17, 15) is 0 Å². The predicted octanol–water partition coefficient (Wildman–Crippen LogP) is 25.1. The van der Waals surface area contributed by atoms with Crippen molar-refractivity contribution in [1.82, 2.24) is 0 Å². The van der Waals surface area contributed by atoms with Crippen LogP contribution < -0.4 is 0 Å². The molecule has 137 heteroatoms. The largest absolute Gasteiger partial charge is 0.227 e. The van der Waals surface area contributed by atoms with Gasteiger partial charge in [-0.15, -0.1) is 0 Å². The van der Waals surface area contributed by atoms with Crippen LogP contribution in [0, 0.1) is 17.0 Å². The van der Waals surface area contributed by atoms with Gasteiger partial charge in [0.1, 0.15) is 0 Å². The van der Waals surface area contributed by atoms with Crippen molar-refractivity contribution in [2.24, 2.45) is 705 Å². The second-order valence-electron chi connectivity index (χ2n) is 12.2. The number of nitrogens with one attached hydrogen (secondary N) is 1. The SMILES string of the molecule is N#CN=N/N=N/N=N/N=N/N=N/N=N/N=N/N=N/N=N/N=N/N=N/N=N/N=N/N=N/N=N/N=N/N=N/N=N/N=N/N=N/N=N/N=N/N=N/N=N/N=N/N=N/N=N/N=N/N=N/N=N/N=N/N=N/N=N/N=N/N=N/N=N/N=N/N=N/N=N/N=N/N=N/N=N/N=N/N=N/N=N/N=N/N=N/N=N/N=N/N=N/N=N/N=N/N=N/N=N/N=N/N=N/N=N/N=N/N=N/N=N/N=N/N=N/N=N/N=N/N=N/N=N/N=N/N=N. The average molecular weight is 1930 g/mol. The van der Waals surface area contributed by atoms with Gasteiger partial charge < -0.3 is 0 Å². The monoisotopic (exact) mass is 1930 g/mol. The normalized spacial score (nSPS) is 15.6. The highest BCUT2D eigenvalue weighted by atomic mass is 15.8. The molecule has 0 aliphatic carbocycles. The van der Waals surface area contributed by atoms with Gasteiger partial charge in [0.25, 0.3) is 0 Å². The molecule has 0 fully saturated rings. The fourth-order valence-corrected chi connectivity index (χ4v) is 2.40. The zero-order valence-electron chi connectivity index (χ0n) is 61.8. The standard InChI is InChI=1S/CHN137/c2-1-4-6-8-10-12-14-16-18-20-22-24-26-28-30-32-34-36-38-40-42-44-46-48-50-52-54-56-58-60-62-64-66-68-70-72-74-76-78-80-82-84-86-88-90-92-94-96-98-100-102-104-106-108-110-112-114-116-118-120-122-124-126-128-130-132-134-136-138-137-135-133-131-129-127-125-123-121-119-117-115-113-111-109-107-105-103-101-99-97-95-93-91-89-87-85-83-81-79-77-75-73-71-69-67-65-63-61-59-57-55-53-51-49-47-45-43-41-39-37-35-33-31-29-27-25-23-21-19-17-15-13-11-9-7-5-3/h3H/b5-3?,6-4?,9-7+,10-8+,13-11+,14-12+,17-15+,18-16+,21-19+,22-20+,25-23+,26-24+,29-27+,30-28+,33-31+,34-32+,37-35+,38-36+,41-39+,42-40+,45-43+,46-44+,49-47+,50-48+,53-51+,54-52+,57-55+,58-56+,61-59+,62-60+,65-63+,66-64+,69-67+,70-68+,73-71+,74-72+,77-75+,78-76+,81-79+,82-80+,85-83+,86-84+,89-87+,90-88+,93-91+,94-92+,97-95+,98-96+,101-99+,102-100+,105-103+,106-104+,109-107+,110-108+,113-111+,114-112+,117-115+,118-116+,121-119+,122-120+,125-123+,126-124+,129-127+,130-128+,133-131+,134-132+,137-135+,138-136+. The topological polar surface area (TPSA) is 1720 Å². The Kier molecular flexibility index (Phi) is 87.3. The van der Waals surface area contributed by atoms with Crippen molar-refractivity contribution in [3.8, 4) is 6.19 Å². The molecule has 0 aliphatic rings. The summed E-state index contributed by atoms with van der Waals surface area (Å²) in [5.74, 6) is 0. The van der Waals surface area contributed by atoms with Crippen LogP contribution in [0.3, 0.4) is 0 Å². The summed E-state index contributed by atoms with van der Waals surface area (Å²) in [5, 5.41) is 411. The molecule has 0 aromatic heterocycles. The van der Waals surface area contributed by atoms with E-state index < -0.39 is 0 Å².